The molecule has 0 unspecified atom stereocenters. The number of likely N-dealkylation sites (N-methyl/N-ethyl adjacent to an activating group) is 1. The van der Waals surface area contributed by atoms with Crippen molar-refractivity contribution in [3.05, 3.63) is 0 Å². The average molecular weight is 307 g/mol. The van der Waals surface area contributed by atoms with Gasteiger partial charge < -0.3 is 10.2 Å². The molecule has 20 heavy (non-hydrogen) atoms. The van der Waals surface area contributed by atoms with Crippen molar-refractivity contribution in [2.75, 3.05) is 46.5 Å². The summed E-state index contributed by atoms with van der Waals surface area (Å²) in [6.07, 6.45) is 2.81. The highest BCUT2D eigenvalue weighted by molar-refractivity contribution is 7.88. The predicted molar refractivity (Wildman–Crippen MR) is 82.1 cm³/mol. The van der Waals surface area contributed by atoms with E-state index in [1.165, 1.54) is 10.6 Å². The van der Waals surface area contributed by atoms with Gasteiger partial charge in [0.05, 0.1) is 6.26 Å². The van der Waals surface area contributed by atoms with Crippen molar-refractivity contribution in [2.24, 2.45) is 5.92 Å². The lowest BCUT2D eigenvalue weighted by Gasteiger charge is -2.22. The Balaban J connectivity index is 4.31. The maximum atomic E-state index is 11.8. The van der Waals surface area contributed by atoms with Gasteiger partial charge in [-0.05, 0) is 26.9 Å². The summed E-state index contributed by atoms with van der Waals surface area (Å²) in [6, 6.07) is 0. The molecule has 0 rings (SSSR count). The van der Waals surface area contributed by atoms with Crippen molar-refractivity contribution in [1.29, 1.82) is 0 Å². The van der Waals surface area contributed by atoms with E-state index in [0.717, 1.165) is 12.8 Å². The lowest BCUT2D eigenvalue weighted by molar-refractivity contribution is -0.125. The molecule has 0 saturated heterocycles. The third kappa shape index (κ3) is 7.81. The van der Waals surface area contributed by atoms with Crippen molar-refractivity contribution in [3.63, 3.8) is 0 Å². The lowest BCUT2D eigenvalue weighted by atomic mass is 10.0. The van der Waals surface area contributed by atoms with Crippen LogP contribution in [0.2, 0.25) is 0 Å². The maximum Gasteiger partial charge on any atom is 0.223 e. The van der Waals surface area contributed by atoms with E-state index < -0.39 is 10.0 Å². The third-order valence-electron chi connectivity index (χ3n) is 3.28. The maximum absolute atomic E-state index is 11.8. The van der Waals surface area contributed by atoms with Gasteiger partial charge in [0.25, 0.3) is 0 Å². The van der Waals surface area contributed by atoms with Gasteiger partial charge >= 0.3 is 0 Å². The van der Waals surface area contributed by atoms with Crippen LogP contribution in [0.3, 0.4) is 0 Å². The summed E-state index contributed by atoms with van der Waals surface area (Å²) < 4.78 is 24.7. The Bertz CT molecular complexity index is 378. The SMILES string of the molecule is CCC(CC)C(=O)NCCN(CCN(C)C)S(C)(=O)=O. The van der Waals surface area contributed by atoms with E-state index >= 15 is 0 Å². The minimum atomic E-state index is -3.23. The van der Waals surface area contributed by atoms with Gasteiger partial charge in [0, 0.05) is 32.1 Å². The first-order chi connectivity index (χ1) is 9.22. The molecule has 0 radical (unpaired) electrons. The Labute approximate surface area is 123 Å². The van der Waals surface area contributed by atoms with Crippen LogP contribution < -0.4 is 5.32 Å². The Kier molecular flexibility index (Phi) is 9.00. The van der Waals surface area contributed by atoms with Crippen LogP contribution in [0.4, 0.5) is 0 Å². The van der Waals surface area contributed by atoms with Crippen LogP contribution in [0.15, 0.2) is 0 Å². The first kappa shape index (κ1) is 19.3. The second-order valence-corrected chi connectivity index (χ2v) is 7.25. The van der Waals surface area contributed by atoms with Gasteiger partial charge in [-0.15, -0.1) is 0 Å². The summed E-state index contributed by atoms with van der Waals surface area (Å²) in [7, 11) is 0.562. The number of nitrogens with one attached hydrogen (secondary N) is 1. The standard InChI is InChI=1S/C13H29N3O3S/c1-6-12(7-2)13(17)14-8-9-16(20(5,18)19)11-10-15(3)4/h12H,6-11H2,1-5H3,(H,14,17). The monoisotopic (exact) mass is 307 g/mol. The van der Waals surface area contributed by atoms with Crippen LogP contribution in [0.1, 0.15) is 26.7 Å². The van der Waals surface area contributed by atoms with Crippen LogP contribution in [0.25, 0.3) is 0 Å². The van der Waals surface area contributed by atoms with Gasteiger partial charge in [0.1, 0.15) is 0 Å². The van der Waals surface area contributed by atoms with Gasteiger partial charge in [-0.2, -0.15) is 4.31 Å². The molecular formula is C13H29N3O3S. The topological polar surface area (TPSA) is 69.7 Å². The number of sulfonamides is 1. The fourth-order valence-corrected chi connectivity index (χ4v) is 2.70. The van der Waals surface area contributed by atoms with E-state index in [-0.39, 0.29) is 11.8 Å². The zero-order chi connectivity index (χ0) is 15.8. The normalized spacial score (nSPS) is 12.4. The van der Waals surface area contributed by atoms with Crippen LogP contribution in [-0.4, -0.2) is 70.1 Å². The first-order valence-electron chi connectivity index (χ1n) is 7.09. The fourth-order valence-electron chi connectivity index (χ4n) is 1.86. The summed E-state index contributed by atoms with van der Waals surface area (Å²) in [5.41, 5.74) is 0. The Morgan fingerprint density at radius 3 is 2.05 bits per heavy atom. The molecule has 0 aromatic heterocycles. The van der Waals surface area contributed by atoms with Crippen molar-refractivity contribution >= 4 is 15.9 Å². The van der Waals surface area contributed by atoms with Crippen LogP contribution in [0, 0.1) is 5.92 Å². The molecule has 0 bridgehead atoms. The van der Waals surface area contributed by atoms with E-state index in [1.54, 1.807) is 0 Å². The average Bonchev–Trinajstić information content (AvgIpc) is 2.33. The fraction of sp³-hybridized carbons (Fsp3) is 0.923. The second kappa shape index (κ2) is 9.31. The number of amides is 1. The first-order valence-corrected chi connectivity index (χ1v) is 8.94. The van der Waals surface area contributed by atoms with Crippen LogP contribution >= 0.6 is 0 Å². The number of hydrogen-bond acceptors (Lipinski definition) is 4. The zero-order valence-electron chi connectivity index (χ0n) is 13.3. The summed E-state index contributed by atoms with van der Waals surface area (Å²) in [5, 5.41) is 2.82. The Morgan fingerprint density at radius 1 is 1.10 bits per heavy atom. The number of carbonyl (C=O) groups excluding carboxylic acids is 1. The molecule has 0 aliphatic heterocycles. The smallest absolute Gasteiger partial charge is 0.223 e. The minimum absolute atomic E-state index is 0.0102. The zero-order valence-corrected chi connectivity index (χ0v) is 14.2. The molecule has 120 valence electrons. The summed E-state index contributed by atoms with van der Waals surface area (Å²) in [4.78, 5) is 13.7. The summed E-state index contributed by atoms with van der Waals surface area (Å²) >= 11 is 0. The van der Waals surface area contributed by atoms with Gasteiger partial charge in [-0.1, -0.05) is 13.8 Å². The number of nitrogens with zero attached hydrogens (tertiary/aromatic N) is 2. The molecule has 1 N–H and O–H groups in total. The second-order valence-electron chi connectivity index (χ2n) is 5.27. The summed E-state index contributed by atoms with van der Waals surface area (Å²) in [5.74, 6) is 0.0273. The molecule has 7 heteroatoms. The number of rotatable bonds is 10. The molecule has 0 fully saturated rings. The summed E-state index contributed by atoms with van der Waals surface area (Å²) in [6.45, 7) is 5.73. The molecule has 0 aromatic rings. The third-order valence-corrected chi connectivity index (χ3v) is 4.59. The van der Waals surface area contributed by atoms with Crippen molar-refractivity contribution in [3.8, 4) is 0 Å². The molecule has 0 aromatic carbocycles. The lowest BCUT2D eigenvalue weighted by Crippen LogP contribution is -2.42. The van der Waals surface area contributed by atoms with Gasteiger partial charge in [0.2, 0.25) is 15.9 Å². The highest BCUT2D eigenvalue weighted by Gasteiger charge is 2.18. The van der Waals surface area contributed by atoms with Crippen LogP contribution in [0.5, 0.6) is 0 Å². The van der Waals surface area contributed by atoms with Crippen molar-refractivity contribution < 1.29 is 13.2 Å². The highest BCUT2D eigenvalue weighted by atomic mass is 32.2. The van der Waals surface area contributed by atoms with E-state index in [0.29, 0.717) is 26.2 Å². The van der Waals surface area contributed by atoms with Gasteiger partial charge in [-0.3, -0.25) is 4.79 Å². The quantitative estimate of drug-likeness (QED) is 0.633. The van der Waals surface area contributed by atoms with Crippen molar-refractivity contribution in [1.82, 2.24) is 14.5 Å². The molecular weight excluding hydrogens is 278 g/mol. The molecule has 0 atom stereocenters. The van der Waals surface area contributed by atoms with Gasteiger partial charge in [0.15, 0.2) is 0 Å². The largest absolute Gasteiger partial charge is 0.355 e. The number of hydrogen-bond donors (Lipinski definition) is 1. The Morgan fingerprint density at radius 2 is 1.65 bits per heavy atom. The van der Waals surface area contributed by atoms with E-state index in [2.05, 4.69) is 5.32 Å². The minimum Gasteiger partial charge on any atom is -0.355 e. The molecule has 0 heterocycles. The number of carbonyl (C=O) groups is 1. The predicted octanol–water partition coefficient (Wildman–Crippen LogP) is 0.362. The highest BCUT2D eigenvalue weighted by Crippen LogP contribution is 2.06. The van der Waals surface area contributed by atoms with E-state index in [1.807, 2.05) is 32.8 Å². The molecule has 1 amide bonds. The molecule has 6 nitrogen and oxygen atoms in total. The van der Waals surface area contributed by atoms with E-state index in [4.69, 9.17) is 0 Å². The van der Waals surface area contributed by atoms with E-state index in [9.17, 15) is 13.2 Å². The molecule has 0 aliphatic carbocycles. The molecule has 0 saturated carbocycles. The molecule has 0 spiro atoms. The van der Waals surface area contributed by atoms with Crippen molar-refractivity contribution in [2.45, 2.75) is 26.7 Å². The molecule has 0 aliphatic rings. The van der Waals surface area contributed by atoms with Gasteiger partial charge in [-0.25, -0.2) is 8.42 Å². The Hall–Kier alpha value is -0.660. The van der Waals surface area contributed by atoms with Crippen LogP contribution in [-0.2, 0) is 14.8 Å².